The van der Waals surface area contributed by atoms with Crippen molar-refractivity contribution in [3.05, 3.63) is 35.6 Å². The molecule has 2 atom stereocenters. The number of sulfonamides is 1. The molecular weight excluding hydrogens is 467 g/mol. The van der Waals surface area contributed by atoms with Gasteiger partial charge in [-0.15, -0.1) is 0 Å². The Kier molecular flexibility index (Phi) is 8.56. The van der Waals surface area contributed by atoms with Crippen molar-refractivity contribution in [2.24, 2.45) is 10.8 Å². The highest BCUT2D eigenvalue weighted by molar-refractivity contribution is 7.88. The SMILES string of the molecule is NC1=NN(C=O)C(CNC(=O)CN2CCCC[C@H](NS(=O)(=O)Cc3cccc(F)c3)C2=O)CC1. The average molecular weight is 497 g/mol. The molecule has 0 saturated carbocycles. The van der Waals surface area contributed by atoms with E-state index < -0.39 is 39.4 Å². The van der Waals surface area contributed by atoms with Crippen molar-refractivity contribution < 1.29 is 27.2 Å². The molecule has 13 heteroatoms. The molecule has 0 bridgehead atoms. The molecule has 1 fully saturated rings. The van der Waals surface area contributed by atoms with Gasteiger partial charge in [0, 0.05) is 19.5 Å². The molecule has 11 nitrogen and oxygen atoms in total. The maximum absolute atomic E-state index is 13.4. The molecule has 2 aliphatic rings. The smallest absolute Gasteiger partial charge is 0.241 e. The summed E-state index contributed by atoms with van der Waals surface area (Å²) in [7, 11) is -3.92. The van der Waals surface area contributed by atoms with E-state index >= 15 is 0 Å². The Balaban J connectivity index is 1.56. The molecule has 0 aromatic heterocycles. The number of nitrogens with two attached hydrogens (primary N) is 1. The van der Waals surface area contributed by atoms with Gasteiger partial charge in [0.25, 0.3) is 0 Å². The van der Waals surface area contributed by atoms with Gasteiger partial charge in [0.2, 0.25) is 28.2 Å². The first-order chi connectivity index (χ1) is 16.2. The number of benzene rings is 1. The minimum Gasteiger partial charge on any atom is -0.386 e. The molecule has 2 heterocycles. The number of nitrogens with one attached hydrogen (secondary N) is 2. The number of rotatable bonds is 9. The predicted octanol–water partition coefficient (Wildman–Crippen LogP) is -0.365. The highest BCUT2D eigenvalue weighted by Gasteiger charge is 2.31. The largest absolute Gasteiger partial charge is 0.386 e. The van der Waals surface area contributed by atoms with Crippen molar-refractivity contribution in [1.82, 2.24) is 19.9 Å². The average Bonchev–Trinajstić information content (AvgIpc) is 2.93. The van der Waals surface area contributed by atoms with Crippen LogP contribution in [0.4, 0.5) is 4.39 Å². The van der Waals surface area contributed by atoms with Crippen LogP contribution in [0.5, 0.6) is 0 Å². The van der Waals surface area contributed by atoms with E-state index in [0.29, 0.717) is 50.9 Å². The number of carbonyl (C=O) groups is 3. The first kappa shape index (κ1) is 25.6. The Hall–Kier alpha value is -3.06. The van der Waals surface area contributed by atoms with E-state index in [0.717, 1.165) is 6.07 Å². The van der Waals surface area contributed by atoms with Gasteiger partial charge in [0.05, 0.1) is 18.3 Å². The van der Waals surface area contributed by atoms with Gasteiger partial charge in [-0.05, 0) is 43.4 Å². The number of amidine groups is 1. The Bertz CT molecular complexity index is 1050. The van der Waals surface area contributed by atoms with Crippen molar-refractivity contribution in [2.75, 3.05) is 19.6 Å². The van der Waals surface area contributed by atoms with Gasteiger partial charge in [-0.25, -0.2) is 22.5 Å². The van der Waals surface area contributed by atoms with Gasteiger partial charge in [-0.1, -0.05) is 12.1 Å². The van der Waals surface area contributed by atoms with Crippen LogP contribution in [0.3, 0.4) is 0 Å². The zero-order chi connectivity index (χ0) is 24.7. The molecule has 186 valence electrons. The fourth-order valence-electron chi connectivity index (χ4n) is 3.97. The number of likely N-dealkylation sites (tertiary alicyclic amines) is 1. The van der Waals surface area contributed by atoms with Crippen LogP contribution in [0, 0.1) is 5.82 Å². The summed E-state index contributed by atoms with van der Waals surface area (Å²) < 4.78 is 41.0. The monoisotopic (exact) mass is 496 g/mol. The second-order valence-corrected chi connectivity index (χ2v) is 10.1. The molecule has 1 aromatic carbocycles. The Morgan fingerprint density at radius 2 is 2.09 bits per heavy atom. The summed E-state index contributed by atoms with van der Waals surface area (Å²) in [5.41, 5.74) is 5.90. The summed E-state index contributed by atoms with van der Waals surface area (Å²) in [6.45, 7) is 0.235. The summed E-state index contributed by atoms with van der Waals surface area (Å²) in [5, 5.41) is 7.81. The third-order valence-electron chi connectivity index (χ3n) is 5.68. The van der Waals surface area contributed by atoms with Gasteiger partial charge in [-0.2, -0.15) is 5.10 Å². The third-order valence-corrected chi connectivity index (χ3v) is 7.03. The summed E-state index contributed by atoms with van der Waals surface area (Å²) >= 11 is 0. The molecule has 1 unspecified atom stereocenters. The van der Waals surface area contributed by atoms with Crippen molar-refractivity contribution in [2.45, 2.75) is 49.9 Å². The topological polar surface area (TPSA) is 154 Å². The zero-order valence-corrected chi connectivity index (χ0v) is 19.5. The van der Waals surface area contributed by atoms with Crippen molar-refractivity contribution in [3.63, 3.8) is 0 Å². The molecular formula is C21H29FN6O5S. The predicted molar refractivity (Wildman–Crippen MR) is 122 cm³/mol. The van der Waals surface area contributed by atoms with E-state index in [1.165, 1.54) is 28.1 Å². The van der Waals surface area contributed by atoms with Crippen LogP contribution in [-0.4, -0.2) is 74.1 Å². The molecule has 0 aliphatic carbocycles. The number of hydrogen-bond donors (Lipinski definition) is 3. The van der Waals surface area contributed by atoms with Crippen LogP contribution in [0.1, 0.15) is 37.7 Å². The van der Waals surface area contributed by atoms with Crippen LogP contribution in [0.15, 0.2) is 29.4 Å². The summed E-state index contributed by atoms with van der Waals surface area (Å²) in [4.78, 5) is 38.0. The lowest BCUT2D eigenvalue weighted by Gasteiger charge is -2.29. The van der Waals surface area contributed by atoms with Gasteiger partial charge in [0.15, 0.2) is 0 Å². The molecule has 0 radical (unpaired) electrons. The minimum absolute atomic E-state index is 0.153. The molecule has 1 aromatic rings. The van der Waals surface area contributed by atoms with Crippen LogP contribution in [0.25, 0.3) is 0 Å². The van der Waals surface area contributed by atoms with Crippen LogP contribution in [0.2, 0.25) is 0 Å². The van der Waals surface area contributed by atoms with E-state index in [2.05, 4.69) is 15.1 Å². The third kappa shape index (κ3) is 7.22. The van der Waals surface area contributed by atoms with Crippen molar-refractivity contribution in [3.8, 4) is 0 Å². The Morgan fingerprint density at radius 1 is 1.29 bits per heavy atom. The summed E-state index contributed by atoms with van der Waals surface area (Å²) in [5.74, 6) is -1.58. The normalized spacial score (nSPS) is 21.6. The molecule has 0 spiro atoms. The maximum Gasteiger partial charge on any atom is 0.241 e. The van der Waals surface area contributed by atoms with Crippen molar-refractivity contribution >= 4 is 34.1 Å². The Morgan fingerprint density at radius 3 is 2.82 bits per heavy atom. The quantitative estimate of drug-likeness (QED) is 0.397. The second kappa shape index (κ2) is 11.4. The summed E-state index contributed by atoms with van der Waals surface area (Å²) in [6, 6.07) is 3.91. The molecule has 3 rings (SSSR count). The highest BCUT2D eigenvalue weighted by atomic mass is 32.2. The Labute approximate surface area is 197 Å². The van der Waals surface area contributed by atoms with Gasteiger partial charge in [-0.3, -0.25) is 14.4 Å². The number of carbonyl (C=O) groups excluding carboxylic acids is 3. The highest BCUT2D eigenvalue weighted by Crippen LogP contribution is 2.15. The lowest BCUT2D eigenvalue weighted by Crippen LogP contribution is -2.51. The number of amides is 3. The molecule has 4 N–H and O–H groups in total. The fraction of sp³-hybridized carbons (Fsp3) is 0.524. The number of hydrazone groups is 1. The first-order valence-electron chi connectivity index (χ1n) is 11.0. The number of nitrogens with zero attached hydrogens (tertiary/aromatic N) is 3. The van der Waals surface area contributed by atoms with Gasteiger partial charge < -0.3 is 16.0 Å². The first-order valence-corrected chi connectivity index (χ1v) is 12.7. The van der Waals surface area contributed by atoms with E-state index in [9.17, 15) is 27.2 Å². The molecule has 2 aliphatic heterocycles. The van der Waals surface area contributed by atoms with E-state index in [1.54, 1.807) is 0 Å². The fourth-order valence-corrected chi connectivity index (χ4v) is 5.32. The van der Waals surface area contributed by atoms with Gasteiger partial charge >= 0.3 is 0 Å². The second-order valence-electron chi connectivity index (χ2n) is 8.39. The number of halogens is 1. The van der Waals surface area contributed by atoms with Crippen LogP contribution in [-0.2, 0) is 30.2 Å². The number of hydrogen-bond acceptors (Lipinski definition) is 7. The van der Waals surface area contributed by atoms with E-state index in [-0.39, 0.29) is 24.7 Å². The standard InChI is InChI=1S/C21H29FN6O5S/c22-16-5-3-4-15(10-16)13-34(32,33)26-18-6-1-2-9-27(21(18)31)12-20(30)24-11-17-7-8-19(23)25-28(17)14-29/h3-5,10,14,17-18,26H,1-2,6-9,11-13H2,(H2,23,25)(H,24,30)/t17?,18-/m0/s1. The van der Waals surface area contributed by atoms with E-state index in [4.69, 9.17) is 5.73 Å². The lowest BCUT2D eigenvalue weighted by molar-refractivity contribution is -0.137. The van der Waals surface area contributed by atoms with Gasteiger partial charge in [0.1, 0.15) is 17.7 Å². The molecule has 3 amide bonds. The minimum atomic E-state index is -3.92. The summed E-state index contributed by atoms with van der Waals surface area (Å²) in [6.07, 6.45) is 3.12. The van der Waals surface area contributed by atoms with Crippen LogP contribution >= 0.6 is 0 Å². The van der Waals surface area contributed by atoms with E-state index in [1.807, 2.05) is 0 Å². The molecule has 1 saturated heterocycles. The molecule has 34 heavy (non-hydrogen) atoms. The van der Waals surface area contributed by atoms with Crippen molar-refractivity contribution in [1.29, 1.82) is 0 Å². The van der Waals surface area contributed by atoms with Crippen LogP contribution < -0.4 is 15.8 Å². The zero-order valence-electron chi connectivity index (χ0n) is 18.7. The maximum atomic E-state index is 13.4. The lowest BCUT2D eigenvalue weighted by atomic mass is 10.1.